The van der Waals surface area contributed by atoms with Crippen molar-refractivity contribution in [3.63, 3.8) is 0 Å². The molecule has 4 saturated heterocycles. The van der Waals surface area contributed by atoms with Gasteiger partial charge in [0.05, 0.1) is 13.2 Å². The van der Waals surface area contributed by atoms with Gasteiger partial charge in [0.1, 0.15) is 11.7 Å². The number of fused-ring (bicyclic) bond motifs is 5. The average molecular weight is 461 g/mol. The van der Waals surface area contributed by atoms with Crippen LogP contribution in [0.1, 0.15) is 59.8 Å². The molecule has 2 bridgehead atoms. The topological polar surface area (TPSA) is 126 Å². The summed E-state index contributed by atoms with van der Waals surface area (Å²) in [5.41, 5.74) is -5.41. The first-order chi connectivity index (χ1) is 14.5. The third-order valence-corrected chi connectivity index (χ3v) is 7.50. The normalized spacial score (nSPS) is 38.3. The van der Waals surface area contributed by atoms with Crippen LogP contribution in [0.5, 0.6) is 0 Å². The summed E-state index contributed by atoms with van der Waals surface area (Å²) in [4.78, 5) is 26.1. The Bertz CT molecular complexity index is 693. The summed E-state index contributed by atoms with van der Waals surface area (Å²) < 4.78 is 17.2. The number of piperazine rings is 1. The Morgan fingerprint density at radius 1 is 1.13 bits per heavy atom. The molecule has 9 nitrogen and oxygen atoms in total. The minimum Gasteiger partial charge on any atom is -0.384 e. The number of thioether (sulfide) groups is 1. The summed E-state index contributed by atoms with van der Waals surface area (Å²) in [6.45, 7) is 7.26. The Morgan fingerprint density at radius 2 is 1.87 bits per heavy atom. The summed E-state index contributed by atoms with van der Waals surface area (Å²) in [6, 6.07) is 0. The van der Waals surface area contributed by atoms with Crippen LogP contribution in [0.25, 0.3) is 0 Å². The third kappa shape index (κ3) is 4.74. The van der Waals surface area contributed by atoms with E-state index >= 15 is 0 Å². The van der Waals surface area contributed by atoms with Gasteiger partial charge in [0.2, 0.25) is 5.72 Å². The fourth-order valence-corrected chi connectivity index (χ4v) is 5.71. The van der Waals surface area contributed by atoms with Crippen molar-refractivity contribution >= 4 is 23.6 Å². The zero-order valence-electron chi connectivity index (χ0n) is 18.9. The molecule has 178 valence electrons. The highest BCUT2D eigenvalue weighted by Crippen LogP contribution is 2.40. The Kier molecular flexibility index (Phi) is 7.30. The molecule has 4 fully saturated rings. The van der Waals surface area contributed by atoms with E-state index in [0.717, 1.165) is 25.0 Å². The number of hydrogen-bond donors (Lipinski definition) is 4. The number of amides is 2. The Morgan fingerprint density at radius 3 is 2.52 bits per heavy atom. The van der Waals surface area contributed by atoms with Crippen LogP contribution in [0.3, 0.4) is 0 Å². The first kappa shape index (κ1) is 24.7. The Labute approximate surface area is 187 Å². The van der Waals surface area contributed by atoms with Crippen LogP contribution in [0, 0.1) is 5.92 Å². The van der Waals surface area contributed by atoms with E-state index in [4.69, 9.17) is 14.2 Å². The lowest BCUT2D eigenvalue weighted by atomic mass is 9.83. The quantitative estimate of drug-likeness (QED) is 0.374. The van der Waals surface area contributed by atoms with Crippen LogP contribution in [-0.4, -0.2) is 75.7 Å². The van der Waals surface area contributed by atoms with Crippen LogP contribution in [0.4, 0.5) is 0 Å². The van der Waals surface area contributed by atoms with Gasteiger partial charge in [-0.25, -0.2) is 0 Å². The van der Waals surface area contributed by atoms with Crippen LogP contribution >= 0.6 is 11.8 Å². The molecule has 0 saturated carbocycles. The number of rotatable bonds is 9. The van der Waals surface area contributed by atoms with E-state index in [2.05, 4.69) is 17.6 Å². The first-order valence-electron chi connectivity index (χ1n) is 11.1. The maximum Gasteiger partial charge on any atom is 0.278 e. The molecule has 4 rings (SSSR count). The highest BCUT2D eigenvalue weighted by atomic mass is 32.2. The lowest BCUT2D eigenvalue weighted by molar-refractivity contribution is -0.247. The van der Waals surface area contributed by atoms with Gasteiger partial charge >= 0.3 is 0 Å². The second kappa shape index (κ2) is 9.15. The molecule has 4 aliphatic heterocycles. The van der Waals surface area contributed by atoms with Gasteiger partial charge in [-0.3, -0.25) is 9.59 Å². The van der Waals surface area contributed by atoms with E-state index in [1.54, 1.807) is 32.5 Å². The number of unbranched alkanes of at least 4 members (excludes halogenated alkanes) is 3. The molecule has 31 heavy (non-hydrogen) atoms. The van der Waals surface area contributed by atoms with E-state index in [1.807, 2.05) is 0 Å². The van der Waals surface area contributed by atoms with Gasteiger partial charge in [0.15, 0.2) is 5.79 Å². The molecule has 0 aromatic rings. The van der Waals surface area contributed by atoms with Crippen molar-refractivity contribution in [1.82, 2.24) is 10.6 Å². The number of carbonyl (C=O) groups excluding carboxylic acids is 2. The molecule has 10 heteroatoms. The van der Waals surface area contributed by atoms with Crippen LogP contribution < -0.4 is 10.6 Å². The summed E-state index contributed by atoms with van der Waals surface area (Å²) in [5, 5.41) is 27.2. The zero-order valence-corrected chi connectivity index (χ0v) is 19.7. The number of ether oxygens (including phenoxy) is 3. The summed E-state index contributed by atoms with van der Waals surface area (Å²) in [7, 11) is 0. The summed E-state index contributed by atoms with van der Waals surface area (Å²) in [5.74, 6) is -1.61. The lowest BCUT2D eigenvalue weighted by Gasteiger charge is -2.51. The van der Waals surface area contributed by atoms with Gasteiger partial charge in [0.25, 0.3) is 17.5 Å². The predicted molar refractivity (Wildman–Crippen MR) is 115 cm³/mol. The Hall–Kier alpha value is -0.910. The third-order valence-electron chi connectivity index (χ3n) is 6.28. The molecule has 2 amide bonds. The van der Waals surface area contributed by atoms with Gasteiger partial charge in [-0.1, -0.05) is 26.2 Å². The number of nitrogens with one attached hydrogen (secondary N) is 2. The standard InChI is InChI=1S/C21H36N2O7S/c1-5-6-7-8-11-31-12-14-9-10-28-21(17(26)22-20(14,27)16(25)23-21)15(24)19(4)13-29-18(2,3)30-19/h14-15,24,27H,5-13H2,1-4H3,(H,22,26)(H,23,25)/t14?,15-,19-,20+,21-/m0/s1. The highest BCUT2D eigenvalue weighted by molar-refractivity contribution is 7.99. The number of carbonyl (C=O) groups is 2. The number of aliphatic hydroxyl groups is 2. The van der Waals surface area contributed by atoms with Gasteiger partial charge in [-0.2, -0.15) is 11.8 Å². The average Bonchev–Trinajstić information content (AvgIpc) is 2.99. The molecule has 0 aliphatic carbocycles. The van der Waals surface area contributed by atoms with Gasteiger partial charge in [-0.05, 0) is 39.4 Å². The van der Waals surface area contributed by atoms with Crippen LogP contribution in [-0.2, 0) is 23.8 Å². The fourth-order valence-electron chi connectivity index (χ4n) is 4.44. The lowest BCUT2D eigenvalue weighted by Crippen LogP contribution is -2.83. The highest BCUT2D eigenvalue weighted by Gasteiger charge is 2.66. The van der Waals surface area contributed by atoms with E-state index in [9.17, 15) is 19.8 Å². The van der Waals surface area contributed by atoms with Crippen molar-refractivity contribution in [3.8, 4) is 0 Å². The minimum atomic E-state index is -2.07. The minimum absolute atomic E-state index is 0.0109. The largest absolute Gasteiger partial charge is 0.384 e. The molecule has 4 N–H and O–H groups in total. The van der Waals surface area contributed by atoms with E-state index in [0.29, 0.717) is 12.2 Å². The molecule has 0 spiro atoms. The van der Waals surface area contributed by atoms with E-state index in [-0.39, 0.29) is 13.2 Å². The van der Waals surface area contributed by atoms with Crippen molar-refractivity contribution in [2.75, 3.05) is 24.7 Å². The molecule has 5 atom stereocenters. The molecular weight excluding hydrogens is 424 g/mol. The zero-order chi connectivity index (χ0) is 22.9. The van der Waals surface area contributed by atoms with Gasteiger partial charge in [-0.15, -0.1) is 0 Å². The van der Waals surface area contributed by atoms with E-state index < -0.39 is 46.7 Å². The summed E-state index contributed by atoms with van der Waals surface area (Å²) >= 11 is 1.66. The van der Waals surface area contributed by atoms with Crippen LogP contribution in [0.15, 0.2) is 0 Å². The van der Waals surface area contributed by atoms with Crippen molar-refractivity contribution in [2.24, 2.45) is 5.92 Å². The van der Waals surface area contributed by atoms with E-state index in [1.165, 1.54) is 6.42 Å². The molecule has 1 unspecified atom stereocenters. The number of hydrogen-bond acceptors (Lipinski definition) is 8. The van der Waals surface area contributed by atoms with Crippen molar-refractivity contribution in [1.29, 1.82) is 0 Å². The molecule has 0 aromatic heterocycles. The van der Waals surface area contributed by atoms with Gasteiger partial charge in [0, 0.05) is 11.7 Å². The molecule has 0 radical (unpaired) electrons. The van der Waals surface area contributed by atoms with Crippen molar-refractivity contribution in [2.45, 2.75) is 88.7 Å². The van der Waals surface area contributed by atoms with Gasteiger partial charge < -0.3 is 35.1 Å². The smallest absolute Gasteiger partial charge is 0.278 e. The predicted octanol–water partition coefficient (Wildman–Crippen LogP) is 0.870. The fraction of sp³-hybridized carbons (Fsp3) is 0.905. The first-order valence-corrected chi connectivity index (χ1v) is 12.3. The number of aliphatic hydroxyl groups excluding tert-OH is 1. The SMILES string of the molecule is CCCCCCSCC1CCO[C@]2([C@@H](O)[C@]3(C)COC(C)(C)O3)NC(=O)[C@@]1(O)NC2=O. The molecular formula is C21H36N2O7S. The maximum atomic E-state index is 13.1. The van der Waals surface area contributed by atoms with Crippen LogP contribution in [0.2, 0.25) is 0 Å². The second-order valence-corrected chi connectivity index (χ2v) is 10.5. The monoisotopic (exact) mass is 460 g/mol. The second-order valence-electron chi connectivity index (χ2n) is 9.39. The molecule has 4 aliphatic rings. The molecule has 4 heterocycles. The van der Waals surface area contributed by atoms with Crippen molar-refractivity contribution < 1.29 is 34.0 Å². The van der Waals surface area contributed by atoms with Crippen molar-refractivity contribution in [3.05, 3.63) is 0 Å². The molecule has 0 aromatic carbocycles. The summed E-state index contributed by atoms with van der Waals surface area (Å²) in [6.07, 6.45) is 3.39. The Balaban J connectivity index is 1.72. The maximum absolute atomic E-state index is 13.1.